The molecule has 6 heteroatoms. The monoisotopic (exact) mass is 213 g/mol. The Morgan fingerprint density at radius 2 is 1.93 bits per heavy atom. The molecule has 0 aliphatic carbocycles. The number of carboxylic acid groups (broad SMARTS) is 2. The lowest BCUT2D eigenvalue weighted by atomic mass is 10.00. The van der Waals surface area contributed by atoms with Crippen LogP contribution in [0.5, 0.6) is 0 Å². The van der Waals surface area contributed by atoms with Crippen molar-refractivity contribution in [1.82, 2.24) is 4.90 Å². The van der Waals surface area contributed by atoms with E-state index in [1.165, 1.54) is 0 Å². The maximum absolute atomic E-state index is 10.9. The van der Waals surface area contributed by atoms with Gasteiger partial charge in [0, 0.05) is 12.5 Å². The molecule has 82 valence electrons. The van der Waals surface area contributed by atoms with Crippen molar-refractivity contribution in [3.8, 4) is 0 Å². The Kier molecular flexibility index (Phi) is 2.06. The molecule has 2 unspecified atom stereocenters. The minimum atomic E-state index is -1.23. The highest BCUT2D eigenvalue weighted by Gasteiger charge is 2.46. The van der Waals surface area contributed by atoms with Gasteiger partial charge in [0.1, 0.15) is 5.76 Å². The summed E-state index contributed by atoms with van der Waals surface area (Å²) in [6, 6.07) is -0.950. The fraction of sp³-hybridized carbons (Fsp3) is 0.556. The first kappa shape index (κ1) is 9.82. The van der Waals surface area contributed by atoms with Crippen molar-refractivity contribution in [3.63, 3.8) is 0 Å². The van der Waals surface area contributed by atoms with Gasteiger partial charge in [0.25, 0.3) is 0 Å². The lowest BCUT2D eigenvalue weighted by Crippen LogP contribution is -2.46. The van der Waals surface area contributed by atoms with E-state index < -0.39 is 18.1 Å². The Balaban J connectivity index is 2.40. The molecule has 2 atom stereocenters. The van der Waals surface area contributed by atoms with Crippen molar-refractivity contribution in [2.24, 2.45) is 0 Å². The average molecular weight is 213 g/mol. The summed E-state index contributed by atoms with van der Waals surface area (Å²) < 4.78 is 0. The third kappa shape index (κ3) is 1.33. The van der Waals surface area contributed by atoms with Crippen LogP contribution in [0.2, 0.25) is 0 Å². The SMILES string of the molecule is O=C(O)C1=C(O)CC2CCC1N2C(=O)O. The van der Waals surface area contributed by atoms with Crippen LogP contribution >= 0.6 is 0 Å². The molecule has 2 aliphatic heterocycles. The van der Waals surface area contributed by atoms with Gasteiger partial charge in [0.15, 0.2) is 0 Å². The smallest absolute Gasteiger partial charge is 0.408 e. The molecule has 1 saturated heterocycles. The predicted molar refractivity (Wildman–Crippen MR) is 48.6 cm³/mol. The van der Waals surface area contributed by atoms with Crippen LogP contribution < -0.4 is 0 Å². The molecule has 0 aromatic heterocycles. The first-order valence-electron chi connectivity index (χ1n) is 4.69. The van der Waals surface area contributed by atoms with Crippen molar-refractivity contribution >= 4 is 12.1 Å². The lowest BCUT2D eigenvalue weighted by molar-refractivity contribution is -0.133. The number of rotatable bonds is 1. The molecule has 6 nitrogen and oxygen atoms in total. The van der Waals surface area contributed by atoms with Gasteiger partial charge in [-0.15, -0.1) is 0 Å². The number of nitrogens with zero attached hydrogens (tertiary/aromatic N) is 1. The van der Waals surface area contributed by atoms with Gasteiger partial charge in [-0.05, 0) is 12.8 Å². The molecule has 0 saturated carbocycles. The van der Waals surface area contributed by atoms with Crippen molar-refractivity contribution < 1.29 is 24.9 Å². The van der Waals surface area contributed by atoms with Gasteiger partial charge in [-0.1, -0.05) is 0 Å². The average Bonchev–Trinajstić information content (AvgIpc) is 2.41. The molecule has 15 heavy (non-hydrogen) atoms. The second-order valence-electron chi connectivity index (χ2n) is 3.81. The normalized spacial score (nSPS) is 29.5. The maximum Gasteiger partial charge on any atom is 0.408 e. The molecular weight excluding hydrogens is 202 g/mol. The molecule has 1 fully saturated rings. The van der Waals surface area contributed by atoms with E-state index in [0.29, 0.717) is 12.8 Å². The molecular formula is C9H11NO5. The molecule has 3 N–H and O–H groups in total. The minimum absolute atomic E-state index is 0.116. The van der Waals surface area contributed by atoms with Crippen LogP contribution in [0.1, 0.15) is 19.3 Å². The summed E-state index contributed by atoms with van der Waals surface area (Å²) in [5.41, 5.74) is -0.161. The summed E-state index contributed by atoms with van der Waals surface area (Å²) in [6.07, 6.45) is 0.0824. The molecule has 0 aromatic rings. The molecule has 2 bridgehead atoms. The Labute approximate surface area is 85.4 Å². The fourth-order valence-corrected chi connectivity index (χ4v) is 2.45. The van der Waals surface area contributed by atoms with E-state index in [2.05, 4.69) is 0 Å². The number of hydrogen-bond donors (Lipinski definition) is 3. The van der Waals surface area contributed by atoms with Gasteiger partial charge in [0.2, 0.25) is 0 Å². The Bertz CT molecular complexity index is 362. The summed E-state index contributed by atoms with van der Waals surface area (Å²) in [5.74, 6) is -1.41. The standard InChI is InChI=1S/C9H11NO5/c11-6-3-4-1-2-5(7(6)8(12)13)10(4)9(14)15/h4-5,11H,1-3H2,(H,12,13)(H,14,15). The third-order valence-corrected chi connectivity index (χ3v) is 3.03. The lowest BCUT2D eigenvalue weighted by Gasteiger charge is -2.32. The predicted octanol–water partition coefficient (Wildman–Crippen LogP) is 0.798. The third-order valence-electron chi connectivity index (χ3n) is 3.03. The van der Waals surface area contributed by atoms with Crippen LogP contribution in [0.3, 0.4) is 0 Å². The van der Waals surface area contributed by atoms with E-state index in [9.17, 15) is 14.7 Å². The molecule has 2 rings (SSSR count). The minimum Gasteiger partial charge on any atom is -0.512 e. The number of aliphatic hydroxyl groups is 1. The summed E-state index contributed by atoms with van der Waals surface area (Å²) in [4.78, 5) is 22.9. The van der Waals surface area contributed by atoms with Gasteiger partial charge < -0.3 is 15.3 Å². The first-order chi connectivity index (χ1) is 7.02. The molecule has 2 heterocycles. The second-order valence-corrected chi connectivity index (χ2v) is 3.81. The zero-order chi connectivity index (χ0) is 11.2. The van der Waals surface area contributed by atoms with Gasteiger partial charge in [-0.2, -0.15) is 0 Å². The Morgan fingerprint density at radius 1 is 1.27 bits per heavy atom. The van der Waals surface area contributed by atoms with Crippen LogP contribution in [0.15, 0.2) is 11.3 Å². The number of amides is 1. The van der Waals surface area contributed by atoms with Crippen LogP contribution in [0.4, 0.5) is 4.79 Å². The topological polar surface area (TPSA) is 98.1 Å². The summed E-state index contributed by atoms with van der Waals surface area (Å²) >= 11 is 0. The van der Waals surface area contributed by atoms with E-state index in [-0.39, 0.29) is 23.8 Å². The summed E-state index contributed by atoms with van der Waals surface area (Å²) in [7, 11) is 0. The van der Waals surface area contributed by atoms with Gasteiger partial charge in [-0.25, -0.2) is 9.59 Å². The van der Waals surface area contributed by atoms with Crippen molar-refractivity contribution in [1.29, 1.82) is 0 Å². The largest absolute Gasteiger partial charge is 0.512 e. The van der Waals surface area contributed by atoms with Crippen molar-refractivity contribution in [2.45, 2.75) is 31.3 Å². The number of aliphatic hydroxyl groups excluding tert-OH is 1. The molecule has 0 radical (unpaired) electrons. The zero-order valence-corrected chi connectivity index (χ0v) is 7.88. The van der Waals surface area contributed by atoms with Crippen molar-refractivity contribution in [2.75, 3.05) is 0 Å². The van der Waals surface area contributed by atoms with E-state index in [1.54, 1.807) is 0 Å². The van der Waals surface area contributed by atoms with Crippen LogP contribution in [-0.2, 0) is 4.79 Å². The second kappa shape index (κ2) is 3.15. The number of fused-ring (bicyclic) bond motifs is 2. The molecule has 1 amide bonds. The van der Waals surface area contributed by atoms with Crippen LogP contribution in [0, 0.1) is 0 Å². The highest BCUT2D eigenvalue weighted by atomic mass is 16.4. The zero-order valence-electron chi connectivity index (χ0n) is 7.88. The van der Waals surface area contributed by atoms with Gasteiger partial charge in [0.05, 0.1) is 11.6 Å². The number of hydrogen-bond acceptors (Lipinski definition) is 3. The van der Waals surface area contributed by atoms with Gasteiger partial charge >= 0.3 is 12.1 Å². The maximum atomic E-state index is 10.9. The van der Waals surface area contributed by atoms with Crippen LogP contribution in [-0.4, -0.2) is 44.4 Å². The Hall–Kier alpha value is -1.72. The fourth-order valence-electron chi connectivity index (χ4n) is 2.45. The van der Waals surface area contributed by atoms with E-state index in [4.69, 9.17) is 10.2 Å². The highest BCUT2D eigenvalue weighted by Crippen LogP contribution is 2.38. The number of carbonyl (C=O) groups is 2. The van der Waals surface area contributed by atoms with E-state index in [0.717, 1.165) is 4.90 Å². The quantitative estimate of drug-likeness (QED) is 0.598. The summed E-state index contributed by atoms with van der Waals surface area (Å²) in [5, 5.41) is 27.3. The first-order valence-corrected chi connectivity index (χ1v) is 4.69. The Morgan fingerprint density at radius 3 is 2.47 bits per heavy atom. The number of carboxylic acids is 1. The highest BCUT2D eigenvalue weighted by molar-refractivity contribution is 5.90. The number of aliphatic carboxylic acids is 1. The van der Waals surface area contributed by atoms with Crippen molar-refractivity contribution in [3.05, 3.63) is 11.3 Å². The van der Waals surface area contributed by atoms with Crippen LogP contribution in [0.25, 0.3) is 0 Å². The molecule has 2 aliphatic rings. The van der Waals surface area contributed by atoms with Gasteiger partial charge in [-0.3, -0.25) is 4.90 Å². The summed E-state index contributed by atoms with van der Waals surface area (Å²) in [6.45, 7) is 0. The molecule has 0 aromatic carbocycles. The van der Waals surface area contributed by atoms with E-state index >= 15 is 0 Å². The van der Waals surface area contributed by atoms with E-state index in [1.807, 2.05) is 0 Å². The molecule has 0 spiro atoms.